The molecule has 0 fully saturated rings. The summed E-state index contributed by atoms with van der Waals surface area (Å²) < 4.78 is 31.0. The van der Waals surface area contributed by atoms with Gasteiger partial charge >= 0.3 is 0 Å². The predicted octanol–water partition coefficient (Wildman–Crippen LogP) is -1.78. The van der Waals surface area contributed by atoms with Crippen LogP contribution in [-0.2, 0) is 19.4 Å². The maximum atomic E-state index is 9.22. The summed E-state index contributed by atoms with van der Waals surface area (Å²) in [5.41, 5.74) is 1.68. The molecule has 0 aliphatic heterocycles. The first-order valence-corrected chi connectivity index (χ1v) is 4.22. The monoisotopic (exact) mass is 187 g/mol. The first-order chi connectivity index (χ1) is 4.97. The summed E-state index contributed by atoms with van der Waals surface area (Å²) in [5.74, 6) is 0. The molecule has 0 rings (SSSR count). The van der Waals surface area contributed by atoms with Crippen molar-refractivity contribution in [2.75, 3.05) is 20.8 Å². The maximum Gasteiger partial charge on any atom is 0.217 e. The largest absolute Gasteiger partial charge is 0.726 e. The van der Waals surface area contributed by atoms with Gasteiger partial charge in [-0.1, -0.05) is 0 Å². The first-order valence-electron chi connectivity index (χ1n) is 2.88. The minimum absolute atomic E-state index is 0.788. The molecule has 0 spiro atoms. The Morgan fingerprint density at radius 1 is 1.55 bits per heavy atom. The highest BCUT2D eigenvalue weighted by atomic mass is 32.3. The fraction of sp³-hybridized carbons (Fsp3) is 1.00. The van der Waals surface area contributed by atoms with Crippen molar-refractivity contribution in [3.05, 3.63) is 0 Å². The number of hydrogen-bond acceptors (Lipinski definition) is 5. The second-order valence-electron chi connectivity index (χ2n) is 1.27. The van der Waals surface area contributed by atoms with Crippen LogP contribution in [0.15, 0.2) is 0 Å². The third-order valence-electron chi connectivity index (χ3n) is 0.537. The van der Waals surface area contributed by atoms with Crippen LogP contribution in [-0.4, -0.2) is 33.7 Å². The maximum absolute atomic E-state index is 9.22. The van der Waals surface area contributed by atoms with Gasteiger partial charge in [-0.05, 0) is 6.92 Å². The molecule has 0 aliphatic carbocycles. The number of hydrogen-bond donors (Lipinski definition) is 1. The van der Waals surface area contributed by atoms with Crippen molar-refractivity contribution in [1.29, 1.82) is 0 Å². The van der Waals surface area contributed by atoms with Crippen LogP contribution in [0.2, 0.25) is 0 Å². The molecule has 0 saturated heterocycles. The van der Waals surface area contributed by atoms with E-state index in [1.165, 1.54) is 0 Å². The van der Waals surface area contributed by atoms with Gasteiger partial charge in [0.15, 0.2) is 0 Å². The molecule has 0 amide bonds. The van der Waals surface area contributed by atoms with Crippen molar-refractivity contribution < 1.29 is 27.5 Å². The lowest BCUT2D eigenvalue weighted by Crippen LogP contribution is -2.78. The molecule has 6 nitrogen and oxygen atoms in total. The average Bonchev–Trinajstić information content (AvgIpc) is 1.90. The Labute approximate surface area is 66.4 Å². The minimum atomic E-state index is -4.41. The second-order valence-corrected chi connectivity index (χ2v) is 2.42. The van der Waals surface area contributed by atoms with Gasteiger partial charge in [-0.15, -0.1) is 0 Å². The molecule has 7 heteroatoms. The zero-order valence-corrected chi connectivity index (χ0v) is 7.55. The molecule has 0 atom stereocenters. The first kappa shape index (κ1) is 13.4. The van der Waals surface area contributed by atoms with Crippen LogP contribution in [0.25, 0.3) is 0 Å². The van der Waals surface area contributed by atoms with Crippen LogP contribution in [0.1, 0.15) is 6.92 Å². The highest BCUT2D eigenvalue weighted by molar-refractivity contribution is 7.80. The van der Waals surface area contributed by atoms with Gasteiger partial charge in [0.1, 0.15) is 6.61 Å². The Balaban J connectivity index is 0. The summed E-state index contributed by atoms with van der Waals surface area (Å²) in [6, 6.07) is 0. The van der Waals surface area contributed by atoms with Crippen LogP contribution in [0.4, 0.5) is 0 Å². The summed E-state index contributed by atoms with van der Waals surface area (Å²) in [6.07, 6.45) is 0. The van der Waals surface area contributed by atoms with Crippen LogP contribution >= 0.6 is 0 Å². The van der Waals surface area contributed by atoms with Gasteiger partial charge in [-0.3, -0.25) is 4.18 Å². The number of rotatable bonds is 3. The van der Waals surface area contributed by atoms with E-state index in [9.17, 15) is 13.0 Å². The molecule has 2 N–H and O–H groups in total. The molecule has 11 heavy (non-hydrogen) atoms. The molecule has 0 unspecified atom stereocenters. The van der Waals surface area contributed by atoms with Crippen molar-refractivity contribution in [3.8, 4) is 0 Å². The summed E-state index contributed by atoms with van der Waals surface area (Å²) in [6.45, 7) is 2.75. The molecule has 0 aromatic heterocycles. The Morgan fingerprint density at radius 3 is 1.91 bits per heavy atom. The van der Waals surface area contributed by atoms with E-state index >= 15 is 0 Å². The SMILES string of the molecule is CCO[NH2+]C.COS(=O)(=O)[O-]. The quantitative estimate of drug-likeness (QED) is 0.320. The fourth-order valence-corrected chi connectivity index (χ4v) is 0.167. The van der Waals surface area contributed by atoms with E-state index in [-0.39, 0.29) is 0 Å². The lowest BCUT2D eigenvalue weighted by atomic mass is 10.9. The van der Waals surface area contributed by atoms with E-state index in [2.05, 4.69) is 4.18 Å². The van der Waals surface area contributed by atoms with Crippen LogP contribution in [0.3, 0.4) is 0 Å². The zero-order chi connectivity index (χ0) is 9.33. The van der Waals surface area contributed by atoms with Crippen LogP contribution < -0.4 is 5.48 Å². The van der Waals surface area contributed by atoms with E-state index in [0.717, 1.165) is 13.7 Å². The Kier molecular flexibility index (Phi) is 9.60. The molecular formula is C4H13NO5S. The molecule has 0 aliphatic rings. The fourth-order valence-electron chi connectivity index (χ4n) is 0.167. The van der Waals surface area contributed by atoms with E-state index in [1.807, 2.05) is 14.0 Å². The molecule has 0 aromatic rings. The van der Waals surface area contributed by atoms with Crippen LogP contribution in [0, 0.1) is 0 Å². The Bertz CT molecular complexity index is 152. The standard InChI is InChI=1S/C3H9NO.CH4O4S/c1-3-5-4-2;1-5-6(2,3)4/h4H,3H2,1-2H3;1H3,(H,2,3,4). The second kappa shape index (κ2) is 7.89. The predicted molar refractivity (Wildman–Crippen MR) is 36.2 cm³/mol. The van der Waals surface area contributed by atoms with Gasteiger partial charge in [0.25, 0.3) is 0 Å². The molecule has 70 valence electrons. The summed E-state index contributed by atoms with van der Waals surface area (Å²) >= 11 is 0. The summed E-state index contributed by atoms with van der Waals surface area (Å²) in [7, 11) is -1.74. The number of nitrogens with two attached hydrogens (primary N) is 1. The van der Waals surface area contributed by atoms with Crippen molar-refractivity contribution in [2.45, 2.75) is 6.92 Å². The van der Waals surface area contributed by atoms with Crippen molar-refractivity contribution in [3.63, 3.8) is 0 Å². The Morgan fingerprint density at radius 2 is 1.91 bits per heavy atom. The normalized spacial score (nSPS) is 10.2. The zero-order valence-electron chi connectivity index (χ0n) is 6.73. The molecular weight excluding hydrogens is 174 g/mol. The Hall–Kier alpha value is -0.210. The van der Waals surface area contributed by atoms with Gasteiger partial charge in [0.2, 0.25) is 10.4 Å². The van der Waals surface area contributed by atoms with Gasteiger partial charge in [0, 0.05) is 0 Å². The number of quaternary nitrogens is 1. The highest BCUT2D eigenvalue weighted by Crippen LogP contribution is 1.74. The lowest BCUT2D eigenvalue weighted by Gasteiger charge is -1.98. The topological polar surface area (TPSA) is 92.3 Å². The van der Waals surface area contributed by atoms with E-state index in [4.69, 9.17) is 4.84 Å². The van der Waals surface area contributed by atoms with Gasteiger partial charge < -0.3 is 4.55 Å². The third kappa shape index (κ3) is 25.9. The van der Waals surface area contributed by atoms with E-state index in [1.54, 1.807) is 5.48 Å². The molecule has 0 bridgehead atoms. The smallest absolute Gasteiger partial charge is 0.217 e. The summed E-state index contributed by atoms with van der Waals surface area (Å²) in [5, 5.41) is 0. The molecule has 0 aromatic carbocycles. The van der Waals surface area contributed by atoms with Crippen LogP contribution in [0.5, 0.6) is 0 Å². The van der Waals surface area contributed by atoms with Gasteiger partial charge in [-0.25, -0.2) is 18.7 Å². The van der Waals surface area contributed by atoms with Crippen molar-refractivity contribution in [2.24, 2.45) is 0 Å². The molecule has 0 radical (unpaired) electrons. The molecule has 0 saturated carbocycles. The van der Waals surface area contributed by atoms with E-state index in [0.29, 0.717) is 0 Å². The highest BCUT2D eigenvalue weighted by Gasteiger charge is 1.79. The molecule has 0 heterocycles. The van der Waals surface area contributed by atoms with Gasteiger partial charge in [0.05, 0.1) is 14.2 Å². The average molecular weight is 187 g/mol. The third-order valence-corrected chi connectivity index (χ3v) is 0.946. The van der Waals surface area contributed by atoms with Crippen molar-refractivity contribution >= 4 is 10.4 Å². The lowest BCUT2D eigenvalue weighted by molar-refractivity contribution is -0.877. The van der Waals surface area contributed by atoms with E-state index < -0.39 is 10.4 Å². The minimum Gasteiger partial charge on any atom is -0.726 e. The summed E-state index contributed by atoms with van der Waals surface area (Å²) in [4.78, 5) is 4.71. The van der Waals surface area contributed by atoms with Crippen molar-refractivity contribution in [1.82, 2.24) is 0 Å². The number of hydroxylamine groups is 1. The van der Waals surface area contributed by atoms with Gasteiger partial charge in [-0.2, -0.15) is 0 Å².